The number of unbranched alkanes of at least 4 members (excludes halogenated alkanes) is 1. The first kappa shape index (κ1) is 14.5. The Morgan fingerprint density at radius 3 is 2.67 bits per heavy atom. The molecule has 1 aromatic rings. The molecule has 0 bridgehead atoms. The zero-order valence-electron chi connectivity index (χ0n) is 9.78. The lowest BCUT2D eigenvalue weighted by atomic mass is 10.2. The van der Waals surface area contributed by atoms with Gasteiger partial charge in [0.2, 0.25) is 0 Å². The minimum Gasteiger partial charge on any atom is -0.481 e. The van der Waals surface area contributed by atoms with Crippen LogP contribution in [0.3, 0.4) is 0 Å². The second kappa shape index (κ2) is 7.00. The van der Waals surface area contributed by atoms with Crippen molar-refractivity contribution in [2.45, 2.75) is 19.3 Å². The van der Waals surface area contributed by atoms with Crippen molar-refractivity contribution in [3.63, 3.8) is 0 Å². The molecule has 4 N–H and O–H groups in total. The highest BCUT2D eigenvalue weighted by molar-refractivity contribution is 9.10. The summed E-state index contributed by atoms with van der Waals surface area (Å²) in [5, 5.41) is 11.2. The molecule has 0 aliphatic heterocycles. The van der Waals surface area contributed by atoms with Gasteiger partial charge in [-0.2, -0.15) is 0 Å². The number of rotatable bonds is 6. The van der Waals surface area contributed by atoms with Gasteiger partial charge in [-0.3, -0.25) is 9.59 Å². The maximum absolute atomic E-state index is 11.7. The molecule has 1 aromatic carbocycles. The van der Waals surface area contributed by atoms with E-state index >= 15 is 0 Å². The Morgan fingerprint density at radius 2 is 2.06 bits per heavy atom. The Labute approximate surface area is 113 Å². The molecule has 98 valence electrons. The molecule has 0 spiro atoms. The van der Waals surface area contributed by atoms with Gasteiger partial charge in [-0.25, -0.2) is 0 Å². The summed E-state index contributed by atoms with van der Waals surface area (Å²) < 4.78 is 0.682. The Hall–Kier alpha value is -1.56. The van der Waals surface area contributed by atoms with Crippen molar-refractivity contribution >= 4 is 33.5 Å². The van der Waals surface area contributed by atoms with Crippen molar-refractivity contribution in [1.29, 1.82) is 0 Å². The second-order valence-electron chi connectivity index (χ2n) is 3.84. The Morgan fingerprint density at radius 1 is 1.33 bits per heavy atom. The first-order valence-electron chi connectivity index (χ1n) is 5.55. The fraction of sp³-hybridized carbons (Fsp3) is 0.333. The van der Waals surface area contributed by atoms with Gasteiger partial charge in [0.05, 0.1) is 0 Å². The summed E-state index contributed by atoms with van der Waals surface area (Å²) in [5.74, 6) is -1.00. The molecule has 18 heavy (non-hydrogen) atoms. The Bertz CT molecular complexity index is 449. The predicted molar refractivity (Wildman–Crippen MR) is 72.4 cm³/mol. The van der Waals surface area contributed by atoms with Gasteiger partial charge in [0, 0.05) is 28.7 Å². The fourth-order valence-electron chi connectivity index (χ4n) is 1.37. The molecule has 5 nitrogen and oxygen atoms in total. The third-order valence-corrected chi connectivity index (χ3v) is 3.05. The first-order valence-corrected chi connectivity index (χ1v) is 6.35. The van der Waals surface area contributed by atoms with Crippen LogP contribution in [0.25, 0.3) is 0 Å². The molecule has 6 heteroatoms. The molecule has 0 unspecified atom stereocenters. The van der Waals surface area contributed by atoms with Crippen LogP contribution in [0.4, 0.5) is 5.69 Å². The lowest BCUT2D eigenvalue weighted by molar-refractivity contribution is -0.137. The van der Waals surface area contributed by atoms with Gasteiger partial charge in [-0.05, 0) is 47.0 Å². The van der Waals surface area contributed by atoms with Gasteiger partial charge in [0.1, 0.15) is 0 Å². The van der Waals surface area contributed by atoms with E-state index in [4.69, 9.17) is 10.8 Å². The van der Waals surface area contributed by atoms with Crippen molar-refractivity contribution in [2.75, 3.05) is 12.3 Å². The number of amides is 1. The van der Waals surface area contributed by atoms with E-state index in [9.17, 15) is 9.59 Å². The minimum absolute atomic E-state index is 0.128. The molecule has 0 aromatic heterocycles. The van der Waals surface area contributed by atoms with Gasteiger partial charge in [0.15, 0.2) is 0 Å². The molecule has 0 saturated carbocycles. The number of nitrogens with two attached hydrogens (primary N) is 1. The molecule has 1 amide bonds. The Kier molecular flexibility index (Phi) is 5.64. The van der Waals surface area contributed by atoms with E-state index in [1.54, 1.807) is 18.2 Å². The summed E-state index contributed by atoms with van der Waals surface area (Å²) in [6, 6.07) is 4.96. The number of carboxylic acid groups (broad SMARTS) is 1. The minimum atomic E-state index is -0.816. The van der Waals surface area contributed by atoms with Crippen molar-refractivity contribution in [2.24, 2.45) is 0 Å². The van der Waals surface area contributed by atoms with E-state index in [1.807, 2.05) is 0 Å². The molecule has 0 atom stereocenters. The third-order valence-electron chi connectivity index (χ3n) is 2.37. The maximum Gasteiger partial charge on any atom is 0.303 e. The summed E-state index contributed by atoms with van der Waals surface area (Å²) in [4.78, 5) is 22.0. The predicted octanol–water partition coefficient (Wildman–Crippen LogP) is 2.02. The molecule has 0 heterocycles. The van der Waals surface area contributed by atoms with Gasteiger partial charge in [-0.1, -0.05) is 0 Å². The number of nitrogen functional groups attached to an aromatic ring is 1. The van der Waals surface area contributed by atoms with Crippen LogP contribution in [-0.4, -0.2) is 23.5 Å². The fourth-order valence-corrected chi connectivity index (χ4v) is 1.75. The van der Waals surface area contributed by atoms with Crippen molar-refractivity contribution in [3.05, 3.63) is 28.2 Å². The van der Waals surface area contributed by atoms with Gasteiger partial charge < -0.3 is 16.2 Å². The number of nitrogens with one attached hydrogen (secondary N) is 1. The lowest BCUT2D eigenvalue weighted by Gasteiger charge is -2.06. The van der Waals surface area contributed by atoms with Crippen LogP contribution in [0.15, 0.2) is 22.7 Å². The largest absolute Gasteiger partial charge is 0.481 e. The number of aliphatic carboxylic acids is 1. The van der Waals surface area contributed by atoms with Crippen molar-refractivity contribution in [3.8, 4) is 0 Å². The molecular formula is C12H15BrN2O3. The number of halogens is 1. The highest BCUT2D eigenvalue weighted by Gasteiger charge is 2.06. The van der Waals surface area contributed by atoms with Crippen LogP contribution in [0.2, 0.25) is 0 Å². The van der Waals surface area contributed by atoms with E-state index in [-0.39, 0.29) is 12.3 Å². The van der Waals surface area contributed by atoms with Crippen LogP contribution in [0.5, 0.6) is 0 Å². The van der Waals surface area contributed by atoms with Gasteiger partial charge >= 0.3 is 5.97 Å². The standard InChI is InChI=1S/C12H15BrN2O3/c13-9-7-8(4-5-10(9)14)12(18)15-6-2-1-3-11(16)17/h4-5,7H,1-3,6,14H2,(H,15,18)(H,16,17). The van der Waals surface area contributed by atoms with Crippen LogP contribution in [-0.2, 0) is 4.79 Å². The molecular weight excluding hydrogens is 300 g/mol. The summed E-state index contributed by atoms with van der Waals surface area (Å²) in [6.45, 7) is 0.466. The maximum atomic E-state index is 11.7. The number of hydrogen-bond donors (Lipinski definition) is 3. The monoisotopic (exact) mass is 314 g/mol. The number of carboxylic acids is 1. The summed E-state index contributed by atoms with van der Waals surface area (Å²) >= 11 is 3.25. The molecule has 0 fully saturated rings. The van der Waals surface area contributed by atoms with E-state index in [0.29, 0.717) is 35.1 Å². The molecule has 0 aliphatic carbocycles. The summed E-state index contributed by atoms with van der Waals surface area (Å²) in [5.41, 5.74) is 6.72. The molecule has 1 rings (SSSR count). The summed E-state index contributed by atoms with van der Waals surface area (Å²) in [7, 11) is 0. The number of hydrogen-bond acceptors (Lipinski definition) is 3. The van der Waals surface area contributed by atoms with Crippen LogP contribution >= 0.6 is 15.9 Å². The van der Waals surface area contributed by atoms with Gasteiger partial charge in [-0.15, -0.1) is 0 Å². The average molecular weight is 315 g/mol. The van der Waals surface area contributed by atoms with Crippen LogP contribution < -0.4 is 11.1 Å². The van der Waals surface area contributed by atoms with E-state index in [2.05, 4.69) is 21.2 Å². The highest BCUT2D eigenvalue weighted by atomic mass is 79.9. The molecule has 0 saturated heterocycles. The summed E-state index contributed by atoms with van der Waals surface area (Å²) in [6.07, 6.45) is 1.33. The van der Waals surface area contributed by atoms with Gasteiger partial charge in [0.25, 0.3) is 5.91 Å². The van der Waals surface area contributed by atoms with Crippen molar-refractivity contribution < 1.29 is 14.7 Å². The molecule has 0 aliphatic rings. The third kappa shape index (κ3) is 4.75. The topological polar surface area (TPSA) is 92.4 Å². The second-order valence-corrected chi connectivity index (χ2v) is 4.70. The average Bonchev–Trinajstić information content (AvgIpc) is 2.31. The van der Waals surface area contributed by atoms with E-state index in [0.717, 1.165) is 0 Å². The number of anilines is 1. The van der Waals surface area contributed by atoms with Crippen LogP contribution in [0.1, 0.15) is 29.6 Å². The molecule has 0 radical (unpaired) electrons. The normalized spacial score (nSPS) is 10.1. The van der Waals surface area contributed by atoms with E-state index in [1.165, 1.54) is 0 Å². The SMILES string of the molecule is Nc1ccc(C(=O)NCCCCC(=O)O)cc1Br. The van der Waals surface area contributed by atoms with Crippen LogP contribution in [0, 0.1) is 0 Å². The number of carbonyl (C=O) groups is 2. The van der Waals surface area contributed by atoms with E-state index < -0.39 is 5.97 Å². The zero-order chi connectivity index (χ0) is 13.5. The smallest absolute Gasteiger partial charge is 0.303 e. The first-order chi connectivity index (χ1) is 8.50. The highest BCUT2D eigenvalue weighted by Crippen LogP contribution is 2.20. The quantitative estimate of drug-likeness (QED) is 0.553. The lowest BCUT2D eigenvalue weighted by Crippen LogP contribution is -2.24. The zero-order valence-corrected chi connectivity index (χ0v) is 11.4. The van der Waals surface area contributed by atoms with Crippen molar-refractivity contribution in [1.82, 2.24) is 5.32 Å². The number of carbonyl (C=O) groups excluding carboxylic acids is 1. The Balaban J connectivity index is 2.36. The number of benzene rings is 1.